The van der Waals surface area contributed by atoms with Gasteiger partial charge in [-0.1, -0.05) is 39.9 Å². The Hall–Kier alpha value is -1.46. The first-order chi connectivity index (χ1) is 9.63. The zero-order valence-electron chi connectivity index (χ0n) is 13.7. The van der Waals surface area contributed by atoms with Crippen LogP contribution in [0.3, 0.4) is 0 Å². The summed E-state index contributed by atoms with van der Waals surface area (Å²) in [5.74, 6) is 0. The lowest BCUT2D eigenvalue weighted by molar-refractivity contribution is -0.384. The molecule has 1 aromatic rings. The van der Waals surface area contributed by atoms with Gasteiger partial charge in [0.15, 0.2) is 0 Å². The molecule has 118 valence electrons. The van der Waals surface area contributed by atoms with Crippen LogP contribution in [-0.2, 0) is 13.0 Å². The van der Waals surface area contributed by atoms with Gasteiger partial charge in [-0.15, -0.1) is 6.58 Å². The molecule has 0 heterocycles. The lowest BCUT2D eigenvalue weighted by atomic mass is 10.0. The number of allylic oxidation sites excluding steroid dienone is 1. The minimum Gasteiger partial charge on any atom is -0.392 e. The van der Waals surface area contributed by atoms with Gasteiger partial charge in [-0.05, 0) is 28.7 Å². The predicted octanol–water partition coefficient (Wildman–Crippen LogP) is 4.09. The number of benzene rings is 1. The Labute approximate surface area is 129 Å². The fourth-order valence-electron chi connectivity index (χ4n) is 1.23. The van der Waals surface area contributed by atoms with Gasteiger partial charge in [-0.3, -0.25) is 10.1 Å². The minimum atomic E-state index is -0.451. The quantitative estimate of drug-likeness (QED) is 0.394. The maximum atomic E-state index is 10.5. The summed E-state index contributed by atoms with van der Waals surface area (Å²) < 4.78 is 0. The number of hydrogen-bond donors (Lipinski definition) is 1. The van der Waals surface area contributed by atoms with Crippen LogP contribution in [0.2, 0.25) is 18.1 Å². The molecule has 0 radical (unpaired) electrons. The highest BCUT2D eigenvalue weighted by atomic mass is 28.3. The van der Waals surface area contributed by atoms with E-state index in [9.17, 15) is 10.1 Å². The summed E-state index contributed by atoms with van der Waals surface area (Å²) in [4.78, 5) is 10.0. The van der Waals surface area contributed by atoms with Gasteiger partial charge in [0.2, 0.25) is 0 Å². The van der Waals surface area contributed by atoms with E-state index in [0.29, 0.717) is 17.0 Å². The first-order valence-electron chi connectivity index (χ1n) is 7.11. The average molecular weight is 309 g/mol. The maximum Gasteiger partial charge on any atom is 0.269 e. The third-order valence-electron chi connectivity index (χ3n) is 3.67. The molecule has 0 unspecified atom stereocenters. The molecule has 0 spiro atoms. The molecule has 0 aliphatic carbocycles. The molecular formula is C16H27NO3Si. The van der Waals surface area contributed by atoms with Crippen LogP contribution in [0.25, 0.3) is 0 Å². The molecule has 0 aliphatic heterocycles. The lowest BCUT2D eigenvalue weighted by Crippen LogP contribution is -2.16. The van der Waals surface area contributed by atoms with Crippen LogP contribution in [0.4, 0.5) is 5.69 Å². The van der Waals surface area contributed by atoms with Crippen molar-refractivity contribution in [1.29, 1.82) is 0 Å². The topological polar surface area (TPSA) is 63.4 Å². The Bertz CT molecular complexity index is 479. The highest BCUT2D eigenvalue weighted by Crippen LogP contribution is 2.25. The molecule has 1 N–H and O–H groups in total. The van der Waals surface area contributed by atoms with Gasteiger partial charge in [0, 0.05) is 20.9 Å². The van der Waals surface area contributed by atoms with Crippen molar-refractivity contribution in [2.45, 2.75) is 51.9 Å². The van der Waals surface area contributed by atoms with Crippen molar-refractivity contribution < 1.29 is 10.0 Å². The van der Waals surface area contributed by atoms with Crippen LogP contribution < -0.4 is 0 Å². The Morgan fingerprint density at radius 1 is 1.33 bits per heavy atom. The Kier molecular flexibility index (Phi) is 8.13. The molecule has 1 rings (SSSR count). The van der Waals surface area contributed by atoms with Gasteiger partial charge in [-0.25, -0.2) is 0 Å². The highest BCUT2D eigenvalue weighted by Gasteiger charge is 2.15. The second-order valence-electron chi connectivity index (χ2n) is 6.38. The number of nitro benzene ring substituents is 1. The van der Waals surface area contributed by atoms with Gasteiger partial charge in [-0.2, -0.15) is 0 Å². The first kappa shape index (κ1) is 19.5. The van der Waals surface area contributed by atoms with Crippen molar-refractivity contribution >= 4 is 14.5 Å². The molecule has 0 bridgehead atoms. The van der Waals surface area contributed by atoms with E-state index in [4.69, 9.17) is 5.11 Å². The van der Waals surface area contributed by atoms with E-state index < -0.39 is 4.92 Å². The molecule has 21 heavy (non-hydrogen) atoms. The van der Waals surface area contributed by atoms with Crippen LogP contribution in [0.5, 0.6) is 0 Å². The Morgan fingerprint density at radius 3 is 2.19 bits per heavy atom. The summed E-state index contributed by atoms with van der Waals surface area (Å²) in [5, 5.41) is 20.1. The van der Waals surface area contributed by atoms with Crippen molar-refractivity contribution in [2.75, 3.05) is 0 Å². The third-order valence-corrected chi connectivity index (χ3v) is 7.13. The Balaban J connectivity index is 0.000000486. The van der Waals surface area contributed by atoms with Crippen molar-refractivity contribution in [3.05, 3.63) is 52.1 Å². The van der Waals surface area contributed by atoms with E-state index in [-0.39, 0.29) is 21.1 Å². The number of hydrogen-bond acceptors (Lipinski definition) is 3. The maximum absolute atomic E-state index is 10.5. The van der Waals surface area contributed by atoms with Gasteiger partial charge in [0.1, 0.15) is 0 Å². The van der Waals surface area contributed by atoms with Crippen molar-refractivity contribution in [2.24, 2.45) is 0 Å². The predicted molar refractivity (Wildman–Crippen MR) is 91.5 cm³/mol. The number of nitro groups is 1. The molecule has 4 nitrogen and oxygen atoms in total. The van der Waals surface area contributed by atoms with Gasteiger partial charge >= 0.3 is 0 Å². The van der Waals surface area contributed by atoms with E-state index in [0.717, 1.165) is 5.56 Å². The summed E-state index contributed by atoms with van der Waals surface area (Å²) in [6.07, 6.45) is 2.18. The van der Waals surface area contributed by atoms with E-state index in [1.54, 1.807) is 12.1 Å². The molecule has 0 saturated carbocycles. The van der Waals surface area contributed by atoms with Crippen molar-refractivity contribution in [3.8, 4) is 0 Å². The van der Waals surface area contributed by atoms with E-state index >= 15 is 0 Å². The summed E-state index contributed by atoms with van der Waals surface area (Å²) in [7, 11) is -0.359. The summed E-state index contributed by atoms with van der Waals surface area (Å²) in [5.41, 5.74) is 1.49. The molecule has 0 amide bonds. The fourth-order valence-corrected chi connectivity index (χ4v) is 1.23. The molecule has 1 aromatic carbocycles. The zero-order chi connectivity index (χ0) is 16.6. The van der Waals surface area contributed by atoms with Crippen molar-refractivity contribution in [3.63, 3.8) is 0 Å². The number of aliphatic hydroxyl groups excluding tert-OH is 1. The SMILES string of the molecule is C=CCc1cc([N+](=O)[O-])ccc1CO.C[SiH](C)C(C)(C)C. The van der Waals surface area contributed by atoms with E-state index in [1.165, 1.54) is 12.1 Å². The normalized spacial score (nSPS) is 10.8. The highest BCUT2D eigenvalue weighted by molar-refractivity contribution is 6.59. The summed E-state index contributed by atoms with van der Waals surface area (Å²) in [6, 6.07) is 4.42. The van der Waals surface area contributed by atoms with Crippen LogP contribution >= 0.6 is 0 Å². The van der Waals surface area contributed by atoms with E-state index in [2.05, 4.69) is 40.4 Å². The number of rotatable bonds is 4. The largest absolute Gasteiger partial charge is 0.392 e. The van der Waals surface area contributed by atoms with Gasteiger partial charge < -0.3 is 5.11 Å². The summed E-state index contributed by atoms with van der Waals surface area (Å²) >= 11 is 0. The lowest BCUT2D eigenvalue weighted by Gasteiger charge is -2.21. The van der Waals surface area contributed by atoms with Crippen LogP contribution in [0, 0.1) is 10.1 Å². The third kappa shape index (κ3) is 7.20. The second-order valence-corrected chi connectivity index (χ2v) is 10.4. The molecule has 0 fully saturated rings. The Morgan fingerprint density at radius 2 is 1.86 bits per heavy atom. The number of aliphatic hydroxyl groups is 1. The monoisotopic (exact) mass is 309 g/mol. The second kappa shape index (κ2) is 8.74. The zero-order valence-corrected chi connectivity index (χ0v) is 14.9. The molecule has 0 aliphatic rings. The minimum absolute atomic E-state index is 0.0408. The van der Waals surface area contributed by atoms with Crippen LogP contribution in [-0.4, -0.2) is 18.8 Å². The molecule has 0 saturated heterocycles. The summed E-state index contributed by atoms with van der Waals surface area (Å²) in [6.45, 7) is 15.2. The van der Waals surface area contributed by atoms with Gasteiger partial charge in [0.25, 0.3) is 5.69 Å². The number of nitrogens with zero attached hydrogens (tertiary/aromatic N) is 1. The molecule has 0 atom stereocenters. The van der Waals surface area contributed by atoms with Crippen LogP contribution in [0.15, 0.2) is 30.9 Å². The fraction of sp³-hybridized carbons (Fsp3) is 0.500. The van der Waals surface area contributed by atoms with Gasteiger partial charge in [0.05, 0.1) is 11.5 Å². The van der Waals surface area contributed by atoms with Crippen LogP contribution in [0.1, 0.15) is 31.9 Å². The van der Waals surface area contributed by atoms with Crippen molar-refractivity contribution in [1.82, 2.24) is 0 Å². The first-order valence-corrected chi connectivity index (χ1v) is 10.00. The molecule has 0 aromatic heterocycles. The molecular weight excluding hydrogens is 282 g/mol. The number of non-ortho nitro benzene ring substituents is 1. The standard InChI is InChI=1S/C10H11NO3.C6H16Si/c1-2-3-8-6-10(11(13)14)5-4-9(8)7-12;1-6(2,3)7(4)5/h2,4-6,12H,1,3,7H2;7H,1-5H3. The average Bonchev–Trinajstić information content (AvgIpc) is 2.38. The molecule has 5 heteroatoms. The van der Waals surface area contributed by atoms with E-state index in [1.807, 2.05) is 0 Å². The smallest absolute Gasteiger partial charge is 0.269 e.